The van der Waals surface area contributed by atoms with E-state index in [-0.39, 0.29) is 6.10 Å². The van der Waals surface area contributed by atoms with E-state index >= 15 is 0 Å². The van der Waals surface area contributed by atoms with E-state index in [1.807, 2.05) is 18.2 Å². The molecule has 1 heteroatoms. The second kappa shape index (κ2) is 2.67. The Hall–Kier alpha value is -1.24. The first-order valence-electron chi connectivity index (χ1n) is 4.22. The SMILES string of the molecule is CC1=CC(C)Oc2ccccc21. The van der Waals surface area contributed by atoms with Gasteiger partial charge in [0.05, 0.1) is 0 Å². The molecule has 1 heterocycles. The molecule has 0 bridgehead atoms. The van der Waals surface area contributed by atoms with Crippen LogP contribution in [0.3, 0.4) is 0 Å². The van der Waals surface area contributed by atoms with Gasteiger partial charge in [-0.2, -0.15) is 0 Å². The molecule has 0 radical (unpaired) electrons. The molecular formula is C11H12O. The molecule has 1 nitrogen and oxygen atoms in total. The molecular weight excluding hydrogens is 148 g/mol. The zero-order chi connectivity index (χ0) is 8.55. The van der Waals surface area contributed by atoms with Crippen molar-refractivity contribution in [3.63, 3.8) is 0 Å². The molecule has 1 aliphatic rings. The molecule has 1 aliphatic heterocycles. The van der Waals surface area contributed by atoms with Crippen molar-refractivity contribution < 1.29 is 4.74 Å². The molecule has 0 aliphatic carbocycles. The maximum atomic E-state index is 5.63. The maximum Gasteiger partial charge on any atom is 0.127 e. The Morgan fingerprint density at radius 1 is 1.25 bits per heavy atom. The van der Waals surface area contributed by atoms with Gasteiger partial charge in [0.15, 0.2) is 0 Å². The lowest BCUT2D eigenvalue weighted by molar-refractivity contribution is 0.265. The van der Waals surface area contributed by atoms with Gasteiger partial charge in [-0.25, -0.2) is 0 Å². The van der Waals surface area contributed by atoms with Crippen LogP contribution < -0.4 is 4.74 Å². The number of hydrogen-bond acceptors (Lipinski definition) is 1. The van der Waals surface area contributed by atoms with Gasteiger partial charge in [-0.3, -0.25) is 0 Å². The summed E-state index contributed by atoms with van der Waals surface area (Å²) in [6.07, 6.45) is 2.35. The van der Waals surface area contributed by atoms with Crippen molar-refractivity contribution in [2.45, 2.75) is 20.0 Å². The number of benzene rings is 1. The van der Waals surface area contributed by atoms with Crippen LogP contribution >= 0.6 is 0 Å². The van der Waals surface area contributed by atoms with Crippen molar-refractivity contribution in [2.24, 2.45) is 0 Å². The van der Waals surface area contributed by atoms with Gasteiger partial charge in [-0.05, 0) is 31.6 Å². The first-order chi connectivity index (χ1) is 5.77. The van der Waals surface area contributed by atoms with Crippen LogP contribution in [0.15, 0.2) is 30.3 Å². The highest BCUT2D eigenvalue weighted by molar-refractivity contribution is 5.70. The monoisotopic (exact) mass is 160 g/mol. The third-order valence-electron chi connectivity index (χ3n) is 2.11. The molecule has 0 fully saturated rings. The standard InChI is InChI=1S/C11H12O/c1-8-7-9(2)12-11-6-4-3-5-10(8)11/h3-7,9H,1-2H3. The lowest BCUT2D eigenvalue weighted by Gasteiger charge is -2.21. The number of para-hydroxylation sites is 1. The summed E-state index contributed by atoms with van der Waals surface area (Å²) in [5, 5.41) is 0. The normalized spacial score (nSPS) is 20.8. The van der Waals surface area contributed by atoms with Gasteiger partial charge in [-0.1, -0.05) is 18.2 Å². The van der Waals surface area contributed by atoms with Crippen LogP contribution in [-0.4, -0.2) is 6.10 Å². The van der Waals surface area contributed by atoms with E-state index in [1.165, 1.54) is 11.1 Å². The average Bonchev–Trinajstić information content (AvgIpc) is 2.04. The highest BCUT2D eigenvalue weighted by Gasteiger charge is 2.13. The largest absolute Gasteiger partial charge is 0.486 e. The van der Waals surface area contributed by atoms with Crippen LogP contribution in [0.1, 0.15) is 19.4 Å². The molecule has 0 amide bonds. The first kappa shape index (κ1) is 7.41. The van der Waals surface area contributed by atoms with E-state index in [2.05, 4.69) is 26.0 Å². The van der Waals surface area contributed by atoms with Crippen LogP contribution in [0.2, 0.25) is 0 Å². The van der Waals surface area contributed by atoms with Crippen molar-refractivity contribution in [1.82, 2.24) is 0 Å². The molecule has 0 aromatic heterocycles. The van der Waals surface area contributed by atoms with Gasteiger partial charge in [0.2, 0.25) is 0 Å². The van der Waals surface area contributed by atoms with Crippen molar-refractivity contribution in [1.29, 1.82) is 0 Å². The van der Waals surface area contributed by atoms with Crippen molar-refractivity contribution in [3.05, 3.63) is 35.9 Å². The third kappa shape index (κ3) is 1.11. The molecule has 62 valence electrons. The highest BCUT2D eigenvalue weighted by atomic mass is 16.5. The summed E-state index contributed by atoms with van der Waals surface area (Å²) in [6.45, 7) is 4.18. The minimum atomic E-state index is 0.208. The summed E-state index contributed by atoms with van der Waals surface area (Å²) in [7, 11) is 0. The van der Waals surface area contributed by atoms with Crippen molar-refractivity contribution >= 4 is 5.57 Å². The lowest BCUT2D eigenvalue weighted by Crippen LogP contribution is -2.13. The molecule has 2 rings (SSSR count). The molecule has 0 saturated heterocycles. The Kier molecular flexibility index (Phi) is 1.65. The zero-order valence-corrected chi connectivity index (χ0v) is 7.37. The maximum absolute atomic E-state index is 5.63. The van der Waals surface area contributed by atoms with Crippen LogP contribution in [0, 0.1) is 0 Å². The van der Waals surface area contributed by atoms with Gasteiger partial charge >= 0.3 is 0 Å². The third-order valence-corrected chi connectivity index (χ3v) is 2.11. The van der Waals surface area contributed by atoms with Crippen LogP contribution in [0.5, 0.6) is 5.75 Å². The van der Waals surface area contributed by atoms with E-state index in [0.717, 1.165) is 5.75 Å². The van der Waals surface area contributed by atoms with Crippen LogP contribution in [-0.2, 0) is 0 Å². The Morgan fingerprint density at radius 2 is 2.00 bits per heavy atom. The van der Waals surface area contributed by atoms with Crippen LogP contribution in [0.25, 0.3) is 5.57 Å². The molecule has 1 aromatic rings. The fraction of sp³-hybridized carbons (Fsp3) is 0.273. The topological polar surface area (TPSA) is 9.23 Å². The van der Waals surface area contributed by atoms with Crippen molar-refractivity contribution in [2.75, 3.05) is 0 Å². The van der Waals surface area contributed by atoms with Gasteiger partial charge in [-0.15, -0.1) is 0 Å². The fourth-order valence-electron chi connectivity index (χ4n) is 1.57. The predicted molar refractivity (Wildman–Crippen MR) is 50.2 cm³/mol. The summed E-state index contributed by atoms with van der Waals surface area (Å²) in [6, 6.07) is 8.15. The molecule has 1 atom stereocenters. The molecule has 12 heavy (non-hydrogen) atoms. The molecule has 0 spiro atoms. The number of rotatable bonds is 0. The smallest absolute Gasteiger partial charge is 0.127 e. The van der Waals surface area contributed by atoms with Gasteiger partial charge in [0.1, 0.15) is 11.9 Å². The first-order valence-corrected chi connectivity index (χ1v) is 4.22. The second-order valence-corrected chi connectivity index (χ2v) is 3.17. The molecule has 0 saturated carbocycles. The summed E-state index contributed by atoms with van der Waals surface area (Å²) >= 11 is 0. The van der Waals surface area contributed by atoms with Gasteiger partial charge < -0.3 is 4.74 Å². The summed E-state index contributed by atoms with van der Waals surface area (Å²) in [5.74, 6) is 1.00. The van der Waals surface area contributed by atoms with E-state index < -0.39 is 0 Å². The summed E-state index contributed by atoms with van der Waals surface area (Å²) in [4.78, 5) is 0. The fourth-order valence-corrected chi connectivity index (χ4v) is 1.57. The predicted octanol–water partition coefficient (Wildman–Crippen LogP) is 2.87. The van der Waals surface area contributed by atoms with E-state index in [9.17, 15) is 0 Å². The number of allylic oxidation sites excluding steroid dienone is 1. The summed E-state index contributed by atoms with van der Waals surface area (Å²) in [5.41, 5.74) is 2.53. The molecule has 1 aromatic carbocycles. The zero-order valence-electron chi connectivity index (χ0n) is 7.37. The molecule has 0 N–H and O–H groups in total. The van der Waals surface area contributed by atoms with Gasteiger partial charge in [0, 0.05) is 5.56 Å². The Balaban J connectivity index is 2.53. The number of ether oxygens (including phenoxy) is 1. The average molecular weight is 160 g/mol. The van der Waals surface area contributed by atoms with E-state index in [0.29, 0.717) is 0 Å². The van der Waals surface area contributed by atoms with Gasteiger partial charge in [0.25, 0.3) is 0 Å². The second-order valence-electron chi connectivity index (χ2n) is 3.17. The van der Waals surface area contributed by atoms with Crippen LogP contribution in [0.4, 0.5) is 0 Å². The lowest BCUT2D eigenvalue weighted by atomic mass is 10.0. The Labute approximate surface area is 72.7 Å². The Morgan fingerprint density at radius 3 is 2.83 bits per heavy atom. The van der Waals surface area contributed by atoms with E-state index in [4.69, 9.17) is 4.74 Å². The summed E-state index contributed by atoms with van der Waals surface area (Å²) < 4.78 is 5.63. The minimum Gasteiger partial charge on any atom is -0.486 e. The van der Waals surface area contributed by atoms with Crippen molar-refractivity contribution in [3.8, 4) is 5.75 Å². The number of fused-ring (bicyclic) bond motifs is 1. The van der Waals surface area contributed by atoms with E-state index in [1.54, 1.807) is 0 Å². The quantitative estimate of drug-likeness (QED) is 0.567. The highest BCUT2D eigenvalue weighted by Crippen LogP contribution is 2.30. The minimum absolute atomic E-state index is 0.208. The number of hydrogen-bond donors (Lipinski definition) is 0. The molecule has 1 unspecified atom stereocenters. The Bertz CT molecular complexity index is 326.